The van der Waals surface area contributed by atoms with Gasteiger partial charge in [-0.25, -0.2) is 4.98 Å². The molecule has 10 aromatic carbocycles. The first-order chi connectivity index (χ1) is 43.5. The van der Waals surface area contributed by atoms with Crippen molar-refractivity contribution < 1.29 is 18.9 Å². The van der Waals surface area contributed by atoms with Gasteiger partial charge in [0, 0.05) is 42.2 Å². The van der Waals surface area contributed by atoms with Crippen molar-refractivity contribution in [2.75, 3.05) is 0 Å². The summed E-state index contributed by atoms with van der Waals surface area (Å²) in [5, 5.41) is 4.28. The van der Waals surface area contributed by atoms with E-state index in [2.05, 4.69) is 148 Å². The maximum Gasteiger partial charge on any atom is 0.269 e. The summed E-state index contributed by atoms with van der Waals surface area (Å²) < 4.78 is 79.7. The van der Waals surface area contributed by atoms with Crippen LogP contribution < -0.4 is 9.30 Å². The number of benzene rings is 10. The quantitative estimate of drug-likeness (QED) is 0.0957. The molecule has 84 heavy (non-hydrogen) atoms. The normalized spacial score (nSPS) is 13.7. The number of aromatic nitrogens is 5. The molecule has 6 heteroatoms. The molecule has 6 nitrogen and oxygen atoms in total. The SMILES string of the molecule is [2H]c1c([2H])c([2H])c(-c2cccc(-c3cc(C(C)(C)C)cc(C(C)(C)C)c3)c2-[n+]2[c-]n(-c3cccc(Oc4ccc5c6cc(-n7c8ccccc8c8ccccc87)ccc6n(-c6cc(C([2H])([2H])C(C)(C)c7ccccc7)ccn6)c5c4)c3)c3ccccc32)c([2H])c1[2H]. The fraction of sp³-hybridized carbons (Fsp3) is 0.154. The first kappa shape index (κ1) is 44.8. The van der Waals surface area contributed by atoms with Crippen molar-refractivity contribution in [3.63, 3.8) is 0 Å². The van der Waals surface area contributed by atoms with E-state index in [-0.39, 0.29) is 28.5 Å². The van der Waals surface area contributed by atoms with Crippen LogP contribution in [-0.4, -0.2) is 18.7 Å². The summed E-state index contributed by atoms with van der Waals surface area (Å²) >= 11 is 0. The van der Waals surface area contributed by atoms with E-state index in [4.69, 9.17) is 13.8 Å². The summed E-state index contributed by atoms with van der Waals surface area (Å²) in [6.07, 6.45) is 3.62. The van der Waals surface area contributed by atoms with Crippen molar-refractivity contribution in [1.82, 2.24) is 18.7 Å². The molecule has 0 radical (unpaired) electrons. The molecule has 0 amide bonds. The molecular weight excluding hydrogens is 1020 g/mol. The Kier molecular flexibility index (Phi) is 10.8. The van der Waals surface area contributed by atoms with Crippen molar-refractivity contribution in [2.45, 2.75) is 78.0 Å². The number of nitrogens with zero attached hydrogens (tertiary/aromatic N) is 5. The Hall–Kier alpha value is -9.78. The van der Waals surface area contributed by atoms with Crippen molar-refractivity contribution in [2.24, 2.45) is 0 Å². The zero-order chi connectivity index (χ0) is 63.6. The van der Waals surface area contributed by atoms with Gasteiger partial charge >= 0.3 is 0 Å². The van der Waals surface area contributed by atoms with Gasteiger partial charge in [-0.1, -0.05) is 219 Å². The van der Waals surface area contributed by atoms with E-state index in [1.54, 1.807) is 12.3 Å². The van der Waals surface area contributed by atoms with Crippen LogP contribution in [0.4, 0.5) is 0 Å². The molecule has 4 heterocycles. The van der Waals surface area contributed by atoms with Crippen LogP contribution in [-0.2, 0) is 22.6 Å². The van der Waals surface area contributed by atoms with Crippen LogP contribution in [0.25, 0.3) is 99.8 Å². The number of hydrogen-bond acceptors (Lipinski definition) is 2. The number of pyridine rings is 1. The lowest BCUT2D eigenvalue weighted by Crippen LogP contribution is -2.31. The maximum absolute atomic E-state index is 9.77. The molecule has 0 fully saturated rings. The van der Waals surface area contributed by atoms with E-state index in [0.717, 1.165) is 83.1 Å². The standard InChI is InChI=1S/C78H67N5O/c1-76(2,3)56-44-54(45-57(46-56)77(4,5)6)63-32-22-31-62(53-23-11-9-12-24-53)75(63)81-51-80(71-35-19-20-36-72(71)81)58-27-21-28-60(47-58)84-61-38-39-66-67-48-59(82-68-33-17-15-29-64(68)65-30-16-18-34-69(65)82)37-40-70(67)83(73(66)49-61)74-43-52(41-42-79-74)50-78(7,8)55-25-13-10-14-26-55/h9-49H,50H2,1-8H3/i9D,11D,12D,23D,24D,50D2. The smallest absolute Gasteiger partial charge is 0.269 e. The van der Waals surface area contributed by atoms with Crippen LogP contribution in [0.15, 0.2) is 249 Å². The average Bonchev–Trinajstić information content (AvgIpc) is 1.69. The summed E-state index contributed by atoms with van der Waals surface area (Å²) in [5.74, 6) is 1.68. The van der Waals surface area contributed by atoms with Crippen molar-refractivity contribution >= 4 is 54.6 Å². The third-order valence-electron chi connectivity index (χ3n) is 16.4. The third-order valence-corrected chi connectivity index (χ3v) is 16.4. The van der Waals surface area contributed by atoms with Crippen molar-refractivity contribution in [1.29, 1.82) is 0 Å². The van der Waals surface area contributed by atoms with Gasteiger partial charge in [-0.05, 0) is 140 Å². The third kappa shape index (κ3) is 9.32. The molecule has 14 rings (SSSR count). The Balaban J connectivity index is 0.923. The predicted molar refractivity (Wildman–Crippen MR) is 348 cm³/mol. The molecule has 0 unspecified atom stereocenters. The van der Waals surface area contributed by atoms with Crippen LogP contribution in [0.3, 0.4) is 0 Å². The highest BCUT2D eigenvalue weighted by Crippen LogP contribution is 2.42. The van der Waals surface area contributed by atoms with Gasteiger partial charge in [-0.15, -0.1) is 0 Å². The topological polar surface area (TPSA) is 40.8 Å². The van der Waals surface area contributed by atoms with E-state index in [1.807, 2.05) is 138 Å². The molecule has 14 aromatic rings. The van der Waals surface area contributed by atoms with E-state index < -0.39 is 29.9 Å². The van der Waals surface area contributed by atoms with Gasteiger partial charge in [0.05, 0.1) is 51.3 Å². The summed E-state index contributed by atoms with van der Waals surface area (Å²) in [4.78, 5) is 5.00. The van der Waals surface area contributed by atoms with Gasteiger partial charge in [-0.3, -0.25) is 13.7 Å². The second kappa shape index (κ2) is 20.3. The van der Waals surface area contributed by atoms with Gasteiger partial charge in [-0.2, -0.15) is 0 Å². The second-order valence-electron chi connectivity index (χ2n) is 24.5. The van der Waals surface area contributed by atoms with Gasteiger partial charge in [0.15, 0.2) is 0 Å². The molecule has 0 aliphatic heterocycles. The average molecular weight is 1100 g/mol. The van der Waals surface area contributed by atoms with E-state index in [0.29, 0.717) is 34.1 Å². The van der Waals surface area contributed by atoms with Crippen molar-refractivity contribution in [3.8, 4) is 56.6 Å². The minimum Gasteiger partial charge on any atom is -0.458 e. The van der Waals surface area contributed by atoms with Crippen LogP contribution in [0.2, 0.25) is 0 Å². The number of imidazole rings is 1. The van der Waals surface area contributed by atoms with E-state index in [1.165, 1.54) is 10.8 Å². The highest BCUT2D eigenvalue weighted by Gasteiger charge is 2.26. The van der Waals surface area contributed by atoms with Gasteiger partial charge in [0.2, 0.25) is 0 Å². The molecule has 4 aromatic heterocycles. The van der Waals surface area contributed by atoms with Gasteiger partial charge in [0.25, 0.3) is 6.33 Å². The van der Waals surface area contributed by atoms with Gasteiger partial charge in [0.1, 0.15) is 17.3 Å². The van der Waals surface area contributed by atoms with E-state index >= 15 is 0 Å². The first-order valence-corrected chi connectivity index (χ1v) is 28.7. The predicted octanol–water partition coefficient (Wildman–Crippen LogP) is 19.5. The summed E-state index contributed by atoms with van der Waals surface area (Å²) in [5.41, 5.74) is 12.4. The summed E-state index contributed by atoms with van der Waals surface area (Å²) in [7, 11) is 0. The number of hydrogen-bond donors (Lipinski definition) is 0. The van der Waals surface area contributed by atoms with E-state index in [9.17, 15) is 5.48 Å². The maximum atomic E-state index is 9.77. The lowest BCUT2D eigenvalue weighted by Gasteiger charge is -2.27. The highest BCUT2D eigenvalue weighted by molar-refractivity contribution is 6.12. The molecule has 410 valence electrons. The van der Waals surface area contributed by atoms with Gasteiger partial charge < -0.3 is 9.30 Å². The number of rotatable bonds is 11. The Morgan fingerprint density at radius 1 is 0.476 bits per heavy atom. The van der Waals surface area contributed by atoms with Crippen LogP contribution in [0.5, 0.6) is 11.5 Å². The summed E-state index contributed by atoms with van der Waals surface area (Å²) in [6.45, 7) is 17.1. The molecule has 0 atom stereocenters. The highest BCUT2D eigenvalue weighted by atomic mass is 16.5. The lowest BCUT2D eigenvalue weighted by molar-refractivity contribution is -0.571. The molecule has 0 saturated heterocycles. The molecule has 0 spiro atoms. The van der Waals surface area contributed by atoms with Crippen molar-refractivity contribution in [3.05, 3.63) is 277 Å². The number of fused-ring (bicyclic) bond motifs is 7. The minimum atomic E-state index is -1.81. The second-order valence-corrected chi connectivity index (χ2v) is 24.5. The Morgan fingerprint density at radius 2 is 1.10 bits per heavy atom. The fourth-order valence-corrected chi connectivity index (χ4v) is 12.0. The molecule has 0 aliphatic rings. The fourth-order valence-electron chi connectivity index (χ4n) is 12.0. The van der Waals surface area contributed by atoms with Crippen LogP contribution >= 0.6 is 0 Å². The minimum absolute atomic E-state index is 0.0926. The molecule has 0 saturated carbocycles. The Morgan fingerprint density at radius 3 is 1.81 bits per heavy atom. The largest absolute Gasteiger partial charge is 0.458 e. The summed E-state index contributed by atoms with van der Waals surface area (Å²) in [6, 6.07) is 69.5. The Bertz CT molecular complexity index is 5140. The zero-order valence-electron chi connectivity index (χ0n) is 55.4. The first-order valence-electron chi connectivity index (χ1n) is 32.2. The number of ether oxygens (including phenoxy) is 1. The monoisotopic (exact) mass is 1100 g/mol. The zero-order valence-corrected chi connectivity index (χ0v) is 48.4. The lowest BCUT2D eigenvalue weighted by atomic mass is 9.78. The molecule has 0 N–H and O–H groups in total. The Labute approximate surface area is 502 Å². The molecule has 0 bridgehead atoms. The molecular formula is C78H67N5O. The number of para-hydroxylation sites is 5. The molecule has 0 aliphatic carbocycles. The van der Waals surface area contributed by atoms with Crippen LogP contribution in [0.1, 0.15) is 87.2 Å². The van der Waals surface area contributed by atoms with Crippen LogP contribution in [0, 0.1) is 6.33 Å².